The third kappa shape index (κ3) is 3.09. The molecule has 0 spiro atoms. The number of hydrogen-bond acceptors (Lipinski definition) is 4. The summed E-state index contributed by atoms with van der Waals surface area (Å²) in [5, 5.41) is 1.81. The highest BCUT2D eigenvalue weighted by Crippen LogP contribution is 2.23. The number of hydrogen-bond donors (Lipinski definition) is 0. The van der Waals surface area contributed by atoms with Gasteiger partial charge >= 0.3 is 11.8 Å². The lowest BCUT2D eigenvalue weighted by Crippen LogP contribution is -2.55. The largest absolute Gasteiger partial charge is 0.333 e. The molecule has 0 unspecified atom stereocenters. The molecule has 108 valence electrons. The van der Waals surface area contributed by atoms with E-state index in [1.54, 1.807) is 11.0 Å². The van der Waals surface area contributed by atoms with Crippen LogP contribution in [0.1, 0.15) is 23.0 Å². The highest BCUT2D eigenvalue weighted by atomic mass is 79.9. The number of piperazine rings is 1. The van der Waals surface area contributed by atoms with E-state index in [4.69, 9.17) is 0 Å². The van der Waals surface area contributed by atoms with Crippen LogP contribution < -0.4 is 0 Å². The number of Topliss-reactive ketones (excluding diaryl/α,β-unsaturated/α-hetero) is 1. The topological polar surface area (TPSA) is 57.7 Å². The number of halogens is 1. The van der Waals surface area contributed by atoms with Gasteiger partial charge in [-0.1, -0.05) is 6.92 Å². The van der Waals surface area contributed by atoms with Crippen molar-refractivity contribution in [2.75, 3.05) is 26.2 Å². The number of rotatable bonds is 5. The van der Waals surface area contributed by atoms with Gasteiger partial charge in [0.05, 0.1) is 11.4 Å². The van der Waals surface area contributed by atoms with Gasteiger partial charge in [-0.3, -0.25) is 14.4 Å². The summed E-state index contributed by atoms with van der Waals surface area (Å²) in [6.45, 7) is 3.42. The Labute approximate surface area is 129 Å². The summed E-state index contributed by atoms with van der Waals surface area (Å²) in [5.74, 6) is -1.22. The van der Waals surface area contributed by atoms with Gasteiger partial charge in [-0.05, 0) is 33.8 Å². The first-order chi connectivity index (χ1) is 9.54. The second-order valence-electron chi connectivity index (χ2n) is 4.54. The van der Waals surface area contributed by atoms with Crippen molar-refractivity contribution in [3.8, 4) is 0 Å². The van der Waals surface area contributed by atoms with Crippen molar-refractivity contribution in [3.63, 3.8) is 0 Å². The predicted molar refractivity (Wildman–Crippen MR) is 79.8 cm³/mol. The molecular weight excluding hydrogens is 344 g/mol. The van der Waals surface area contributed by atoms with Crippen LogP contribution in [-0.2, 0) is 9.59 Å². The fourth-order valence-electron chi connectivity index (χ4n) is 2.09. The van der Waals surface area contributed by atoms with Gasteiger partial charge in [0.25, 0.3) is 0 Å². The number of carbonyl (C=O) groups excluding carboxylic acids is 3. The summed E-state index contributed by atoms with van der Waals surface area (Å²) in [7, 11) is 0. The van der Waals surface area contributed by atoms with Gasteiger partial charge in [0.2, 0.25) is 0 Å². The van der Waals surface area contributed by atoms with Gasteiger partial charge in [0, 0.05) is 24.1 Å². The molecular formula is C13H15BrN2O3S. The number of ketones is 1. The minimum atomic E-state index is -0.578. The van der Waals surface area contributed by atoms with Gasteiger partial charge in [-0.2, -0.15) is 0 Å². The standard InChI is InChI=1S/C13H15BrN2O3S/c1-2-4-15-5-6-16(13(19)12(15)18)8-10(17)11-9(14)3-7-20-11/h3,7H,2,4-6,8H2,1H3. The molecule has 1 aliphatic heterocycles. The SMILES string of the molecule is CCCN1CCN(CC(=O)c2sccc2Br)C(=O)C1=O. The molecule has 1 aromatic rings. The minimum absolute atomic E-state index is 0.0380. The predicted octanol–water partition coefficient (Wildman–Crippen LogP) is 1.77. The molecule has 1 aromatic heterocycles. The van der Waals surface area contributed by atoms with E-state index in [9.17, 15) is 14.4 Å². The zero-order chi connectivity index (χ0) is 14.7. The first-order valence-corrected chi connectivity index (χ1v) is 8.06. The van der Waals surface area contributed by atoms with E-state index in [2.05, 4.69) is 15.9 Å². The van der Waals surface area contributed by atoms with Crippen molar-refractivity contribution in [3.05, 3.63) is 20.8 Å². The molecule has 0 atom stereocenters. The molecule has 2 rings (SSSR count). The Morgan fingerprint density at radius 3 is 2.55 bits per heavy atom. The number of thiophene rings is 1. The molecule has 20 heavy (non-hydrogen) atoms. The Balaban J connectivity index is 2.01. The lowest BCUT2D eigenvalue weighted by molar-refractivity contribution is -0.155. The van der Waals surface area contributed by atoms with E-state index < -0.39 is 11.8 Å². The number of nitrogens with zero attached hydrogens (tertiary/aromatic N) is 2. The van der Waals surface area contributed by atoms with Gasteiger partial charge in [-0.15, -0.1) is 11.3 Å². The molecule has 2 heterocycles. The van der Waals surface area contributed by atoms with E-state index in [0.29, 0.717) is 24.5 Å². The van der Waals surface area contributed by atoms with E-state index in [-0.39, 0.29) is 12.3 Å². The van der Waals surface area contributed by atoms with Crippen molar-refractivity contribution in [1.82, 2.24) is 9.80 Å². The third-order valence-electron chi connectivity index (χ3n) is 3.10. The monoisotopic (exact) mass is 358 g/mol. The first kappa shape index (κ1) is 15.2. The normalized spacial score (nSPS) is 15.9. The highest BCUT2D eigenvalue weighted by molar-refractivity contribution is 9.10. The van der Waals surface area contributed by atoms with Crippen LogP contribution in [0.25, 0.3) is 0 Å². The summed E-state index contributed by atoms with van der Waals surface area (Å²) in [4.78, 5) is 39.4. The van der Waals surface area contributed by atoms with E-state index >= 15 is 0 Å². The summed E-state index contributed by atoms with van der Waals surface area (Å²) in [6.07, 6.45) is 0.820. The van der Waals surface area contributed by atoms with Gasteiger partial charge < -0.3 is 9.80 Å². The smallest absolute Gasteiger partial charge is 0.312 e. The summed E-state index contributed by atoms with van der Waals surface area (Å²) < 4.78 is 0.732. The molecule has 2 amide bonds. The van der Waals surface area contributed by atoms with Crippen molar-refractivity contribution in [2.45, 2.75) is 13.3 Å². The summed E-state index contributed by atoms with van der Waals surface area (Å²) in [5.41, 5.74) is 0. The summed E-state index contributed by atoms with van der Waals surface area (Å²) >= 11 is 4.63. The average molecular weight is 359 g/mol. The van der Waals surface area contributed by atoms with Crippen LogP contribution in [0.5, 0.6) is 0 Å². The van der Waals surface area contributed by atoms with E-state index in [1.807, 2.05) is 12.3 Å². The average Bonchev–Trinajstić information content (AvgIpc) is 2.85. The molecule has 0 aliphatic carbocycles. The second kappa shape index (κ2) is 6.49. The molecule has 0 N–H and O–H groups in total. The zero-order valence-corrected chi connectivity index (χ0v) is 13.5. The van der Waals surface area contributed by atoms with Crippen LogP contribution in [0.3, 0.4) is 0 Å². The molecule has 0 saturated carbocycles. The van der Waals surface area contributed by atoms with Gasteiger partial charge in [-0.25, -0.2) is 0 Å². The Morgan fingerprint density at radius 1 is 1.30 bits per heavy atom. The molecule has 7 heteroatoms. The Morgan fingerprint density at radius 2 is 1.95 bits per heavy atom. The van der Waals surface area contributed by atoms with Crippen LogP contribution >= 0.6 is 27.3 Å². The van der Waals surface area contributed by atoms with Gasteiger partial charge in [0.1, 0.15) is 0 Å². The maximum atomic E-state index is 12.1. The third-order valence-corrected chi connectivity index (χ3v) is 4.97. The zero-order valence-electron chi connectivity index (χ0n) is 11.1. The Bertz CT molecular complexity index is 543. The molecule has 0 radical (unpaired) electrons. The lowest BCUT2D eigenvalue weighted by atomic mass is 10.2. The molecule has 1 saturated heterocycles. The van der Waals surface area contributed by atoms with Crippen molar-refractivity contribution < 1.29 is 14.4 Å². The van der Waals surface area contributed by atoms with Crippen molar-refractivity contribution >= 4 is 44.9 Å². The minimum Gasteiger partial charge on any atom is -0.333 e. The summed E-state index contributed by atoms with van der Waals surface area (Å²) in [6, 6.07) is 1.80. The van der Waals surface area contributed by atoms with Crippen molar-refractivity contribution in [1.29, 1.82) is 0 Å². The fourth-order valence-corrected chi connectivity index (χ4v) is 3.61. The second-order valence-corrected chi connectivity index (χ2v) is 6.31. The van der Waals surface area contributed by atoms with Crippen molar-refractivity contribution in [2.24, 2.45) is 0 Å². The van der Waals surface area contributed by atoms with E-state index in [0.717, 1.165) is 10.9 Å². The highest BCUT2D eigenvalue weighted by Gasteiger charge is 2.33. The van der Waals surface area contributed by atoms with Crippen LogP contribution in [-0.4, -0.2) is 53.6 Å². The Hall–Kier alpha value is -1.21. The first-order valence-electron chi connectivity index (χ1n) is 6.39. The van der Waals surface area contributed by atoms with Crippen LogP contribution in [0.4, 0.5) is 0 Å². The molecule has 0 aromatic carbocycles. The van der Waals surface area contributed by atoms with Gasteiger partial charge in [0.15, 0.2) is 5.78 Å². The fraction of sp³-hybridized carbons (Fsp3) is 0.462. The molecule has 5 nitrogen and oxygen atoms in total. The lowest BCUT2D eigenvalue weighted by Gasteiger charge is -2.33. The quantitative estimate of drug-likeness (QED) is 0.595. The van der Waals surface area contributed by atoms with Crippen LogP contribution in [0, 0.1) is 0 Å². The number of carbonyl (C=O) groups is 3. The number of amides is 2. The molecule has 1 aliphatic rings. The maximum Gasteiger partial charge on any atom is 0.312 e. The maximum absolute atomic E-state index is 12.1. The van der Waals surface area contributed by atoms with Crippen LogP contribution in [0.2, 0.25) is 0 Å². The molecule has 1 fully saturated rings. The Kier molecular flexibility index (Phi) is 4.93. The molecule has 0 bridgehead atoms. The van der Waals surface area contributed by atoms with Crippen LogP contribution in [0.15, 0.2) is 15.9 Å². The van der Waals surface area contributed by atoms with E-state index in [1.165, 1.54) is 16.2 Å².